The van der Waals surface area contributed by atoms with E-state index in [0.29, 0.717) is 0 Å². The molecule has 0 radical (unpaired) electrons. The molecule has 3 N–H and O–H groups in total. The number of alkyl halides is 3. The molecular formula is C8H14F3NO3. The highest BCUT2D eigenvalue weighted by Crippen LogP contribution is 2.35. The van der Waals surface area contributed by atoms with Gasteiger partial charge in [0.1, 0.15) is 0 Å². The van der Waals surface area contributed by atoms with Crippen LogP contribution < -0.4 is 5.73 Å². The zero-order valence-corrected chi connectivity index (χ0v) is 8.47. The lowest BCUT2D eigenvalue weighted by Crippen LogP contribution is -2.63. The van der Waals surface area contributed by atoms with Crippen LogP contribution in [-0.2, 0) is 9.53 Å². The number of hydrogen-bond donors (Lipinski definition) is 2. The molecule has 0 bridgehead atoms. The van der Waals surface area contributed by atoms with Crippen LogP contribution in [0.25, 0.3) is 0 Å². The largest absolute Gasteiger partial charge is 0.480 e. The van der Waals surface area contributed by atoms with Crippen LogP contribution in [0.15, 0.2) is 0 Å². The molecular weight excluding hydrogens is 215 g/mol. The number of carboxylic acid groups (broad SMARTS) is 1. The van der Waals surface area contributed by atoms with E-state index in [9.17, 15) is 18.0 Å². The van der Waals surface area contributed by atoms with Gasteiger partial charge in [-0.2, -0.15) is 13.2 Å². The van der Waals surface area contributed by atoms with Gasteiger partial charge in [0.2, 0.25) is 5.54 Å². The maximum Gasteiger partial charge on any atom is 0.417 e. The molecule has 0 aromatic carbocycles. The summed E-state index contributed by atoms with van der Waals surface area (Å²) in [5.74, 6) is -3.33. The summed E-state index contributed by atoms with van der Waals surface area (Å²) in [7, 11) is 1.32. The molecule has 2 unspecified atom stereocenters. The van der Waals surface area contributed by atoms with Crippen LogP contribution in [0.3, 0.4) is 0 Å². The lowest BCUT2D eigenvalue weighted by Gasteiger charge is -2.32. The van der Waals surface area contributed by atoms with Crippen molar-refractivity contribution in [2.24, 2.45) is 11.7 Å². The van der Waals surface area contributed by atoms with Gasteiger partial charge in [-0.15, -0.1) is 0 Å². The molecule has 90 valence electrons. The number of carbonyl (C=O) groups is 1. The van der Waals surface area contributed by atoms with Crippen LogP contribution >= 0.6 is 0 Å². The molecule has 15 heavy (non-hydrogen) atoms. The second-order valence-electron chi connectivity index (χ2n) is 3.35. The molecule has 0 heterocycles. The normalized spacial score (nSPS) is 18.3. The predicted molar refractivity (Wildman–Crippen MR) is 46.3 cm³/mol. The SMILES string of the molecule is COCCC(C)C(N)(C(=O)O)C(F)(F)F. The first-order valence-electron chi connectivity index (χ1n) is 4.25. The Labute approximate surface area is 85.2 Å². The summed E-state index contributed by atoms with van der Waals surface area (Å²) < 4.78 is 42.0. The molecule has 0 aromatic heterocycles. The van der Waals surface area contributed by atoms with Crippen molar-refractivity contribution in [2.75, 3.05) is 13.7 Å². The minimum atomic E-state index is -4.98. The Morgan fingerprint density at radius 2 is 2.00 bits per heavy atom. The minimum Gasteiger partial charge on any atom is -0.480 e. The van der Waals surface area contributed by atoms with Gasteiger partial charge in [0, 0.05) is 13.7 Å². The van der Waals surface area contributed by atoms with Gasteiger partial charge >= 0.3 is 12.1 Å². The van der Waals surface area contributed by atoms with Crippen LogP contribution in [0.2, 0.25) is 0 Å². The average molecular weight is 229 g/mol. The molecule has 0 rings (SSSR count). The number of hydrogen-bond acceptors (Lipinski definition) is 3. The van der Waals surface area contributed by atoms with E-state index in [1.807, 2.05) is 0 Å². The van der Waals surface area contributed by atoms with Crippen molar-refractivity contribution < 1.29 is 27.8 Å². The van der Waals surface area contributed by atoms with Gasteiger partial charge in [-0.1, -0.05) is 6.92 Å². The molecule has 0 amide bonds. The highest BCUT2D eigenvalue weighted by molar-refractivity contribution is 5.80. The number of ether oxygens (including phenoxy) is 1. The molecule has 4 nitrogen and oxygen atoms in total. The first-order valence-corrected chi connectivity index (χ1v) is 4.25. The first kappa shape index (κ1) is 14.2. The van der Waals surface area contributed by atoms with Gasteiger partial charge in [-0.25, -0.2) is 4.79 Å². The lowest BCUT2D eigenvalue weighted by molar-refractivity contribution is -0.213. The van der Waals surface area contributed by atoms with E-state index in [-0.39, 0.29) is 13.0 Å². The third-order valence-electron chi connectivity index (χ3n) is 2.36. The third kappa shape index (κ3) is 2.82. The van der Waals surface area contributed by atoms with E-state index in [2.05, 4.69) is 4.74 Å². The third-order valence-corrected chi connectivity index (χ3v) is 2.36. The number of nitrogens with two attached hydrogens (primary N) is 1. The van der Waals surface area contributed by atoms with Crippen molar-refractivity contribution in [1.29, 1.82) is 0 Å². The van der Waals surface area contributed by atoms with Crippen LogP contribution in [0, 0.1) is 5.92 Å². The number of aliphatic carboxylic acids is 1. The summed E-state index contributed by atoms with van der Waals surface area (Å²) in [5.41, 5.74) is 1.71. The fourth-order valence-corrected chi connectivity index (χ4v) is 1.13. The Bertz CT molecular complexity index is 232. The fraction of sp³-hybridized carbons (Fsp3) is 0.875. The zero-order valence-electron chi connectivity index (χ0n) is 8.47. The summed E-state index contributed by atoms with van der Waals surface area (Å²) in [6, 6.07) is 0. The number of carboxylic acids is 1. The monoisotopic (exact) mass is 229 g/mol. The molecule has 0 aliphatic carbocycles. The van der Waals surface area contributed by atoms with Crippen molar-refractivity contribution in [1.82, 2.24) is 0 Å². The van der Waals surface area contributed by atoms with Crippen LogP contribution in [0.4, 0.5) is 13.2 Å². The van der Waals surface area contributed by atoms with E-state index in [1.54, 1.807) is 0 Å². The Kier molecular flexibility index (Phi) is 4.54. The van der Waals surface area contributed by atoms with Gasteiger partial charge in [-0.3, -0.25) is 0 Å². The van der Waals surface area contributed by atoms with Crippen molar-refractivity contribution in [3.8, 4) is 0 Å². The molecule has 0 fully saturated rings. The predicted octanol–water partition coefficient (Wildman–Crippen LogP) is 1.00. The number of methoxy groups -OCH3 is 1. The molecule has 0 aliphatic heterocycles. The summed E-state index contributed by atoms with van der Waals surface area (Å²) >= 11 is 0. The lowest BCUT2D eigenvalue weighted by atomic mass is 9.83. The second kappa shape index (κ2) is 4.80. The van der Waals surface area contributed by atoms with Gasteiger partial charge in [0.05, 0.1) is 0 Å². The minimum absolute atomic E-state index is 0.0312. The van der Waals surface area contributed by atoms with E-state index in [4.69, 9.17) is 10.8 Å². The summed E-state index contributed by atoms with van der Waals surface area (Å²) in [6.45, 7) is 1.17. The van der Waals surface area contributed by atoms with Crippen molar-refractivity contribution in [2.45, 2.75) is 25.1 Å². The van der Waals surface area contributed by atoms with Gasteiger partial charge in [0.15, 0.2) is 0 Å². The highest BCUT2D eigenvalue weighted by Gasteiger charge is 2.61. The van der Waals surface area contributed by atoms with Crippen molar-refractivity contribution in [3.05, 3.63) is 0 Å². The molecule has 0 spiro atoms. The molecule has 0 aromatic rings. The Morgan fingerprint density at radius 1 is 1.53 bits per heavy atom. The van der Waals surface area contributed by atoms with E-state index in [1.165, 1.54) is 7.11 Å². The van der Waals surface area contributed by atoms with Gasteiger partial charge < -0.3 is 15.6 Å². The average Bonchev–Trinajstić information content (AvgIpc) is 2.10. The maximum absolute atomic E-state index is 12.5. The van der Waals surface area contributed by atoms with Gasteiger partial charge in [-0.05, 0) is 12.3 Å². The summed E-state index contributed by atoms with van der Waals surface area (Å²) in [4.78, 5) is 10.6. The Balaban J connectivity index is 4.88. The van der Waals surface area contributed by atoms with E-state index in [0.717, 1.165) is 6.92 Å². The van der Waals surface area contributed by atoms with Crippen molar-refractivity contribution >= 4 is 5.97 Å². The fourth-order valence-electron chi connectivity index (χ4n) is 1.13. The number of halogens is 3. The maximum atomic E-state index is 12.5. The van der Waals surface area contributed by atoms with E-state index >= 15 is 0 Å². The standard InChI is InChI=1S/C8H14F3NO3/c1-5(3-4-15-2)7(12,6(13)14)8(9,10)11/h5H,3-4,12H2,1-2H3,(H,13,14). The Hall–Kier alpha value is -0.820. The summed E-state index contributed by atoms with van der Waals surface area (Å²) in [6.07, 6.45) is -5.05. The molecule has 0 aliphatic rings. The second-order valence-corrected chi connectivity index (χ2v) is 3.35. The number of rotatable bonds is 5. The zero-order chi connectivity index (χ0) is 12.3. The van der Waals surface area contributed by atoms with Crippen LogP contribution in [0.1, 0.15) is 13.3 Å². The van der Waals surface area contributed by atoms with Crippen LogP contribution in [0.5, 0.6) is 0 Å². The Morgan fingerprint density at radius 3 is 2.27 bits per heavy atom. The highest BCUT2D eigenvalue weighted by atomic mass is 19.4. The topological polar surface area (TPSA) is 72.5 Å². The van der Waals surface area contributed by atoms with Crippen LogP contribution in [-0.4, -0.2) is 36.5 Å². The summed E-state index contributed by atoms with van der Waals surface area (Å²) in [5, 5.41) is 8.55. The van der Waals surface area contributed by atoms with E-state index < -0.39 is 23.6 Å². The first-order chi connectivity index (χ1) is 6.67. The smallest absolute Gasteiger partial charge is 0.417 e. The molecule has 7 heteroatoms. The van der Waals surface area contributed by atoms with Gasteiger partial charge in [0.25, 0.3) is 0 Å². The molecule has 2 atom stereocenters. The molecule has 0 saturated carbocycles. The quantitative estimate of drug-likeness (QED) is 0.737. The van der Waals surface area contributed by atoms with Crippen molar-refractivity contribution in [3.63, 3.8) is 0 Å². The molecule has 0 saturated heterocycles.